The number of phenols is 3. The number of aromatic hydroxyl groups is 3. The van der Waals surface area contributed by atoms with Crippen molar-refractivity contribution in [3.05, 3.63) is 85.6 Å². The van der Waals surface area contributed by atoms with Crippen LogP contribution in [0, 0.1) is 5.82 Å². The fourth-order valence-electron chi connectivity index (χ4n) is 3.13. The van der Waals surface area contributed by atoms with Gasteiger partial charge in [-0.2, -0.15) is 0 Å². The van der Waals surface area contributed by atoms with Gasteiger partial charge in [0.15, 0.2) is 0 Å². The van der Waals surface area contributed by atoms with Gasteiger partial charge in [0.05, 0.1) is 5.02 Å². The van der Waals surface area contributed by atoms with E-state index in [0.29, 0.717) is 21.2 Å². The van der Waals surface area contributed by atoms with Gasteiger partial charge in [0.2, 0.25) is 0 Å². The number of phenolic OH excluding ortho intramolecular Hbond substituents is 3. The molecule has 3 aromatic rings. The van der Waals surface area contributed by atoms with E-state index in [2.05, 4.69) is 0 Å². The van der Waals surface area contributed by atoms with Crippen molar-refractivity contribution in [1.29, 1.82) is 0 Å². The van der Waals surface area contributed by atoms with Crippen LogP contribution in [0.4, 0.5) is 4.39 Å². The molecule has 0 spiro atoms. The Morgan fingerprint density at radius 3 is 2.21 bits per heavy atom. The summed E-state index contributed by atoms with van der Waals surface area (Å²) < 4.78 is 14.3. The summed E-state index contributed by atoms with van der Waals surface area (Å²) in [6, 6.07) is 9.81. The van der Waals surface area contributed by atoms with Crippen LogP contribution < -0.4 is 0 Å². The average molecular weight is 442 g/mol. The quantitative estimate of drug-likeness (QED) is 0.425. The molecule has 3 N–H and O–H groups in total. The summed E-state index contributed by atoms with van der Waals surface area (Å²) in [5.41, 5.74) is 1.33. The van der Waals surface area contributed by atoms with Crippen molar-refractivity contribution >= 4 is 34.8 Å². The van der Waals surface area contributed by atoms with Gasteiger partial charge in [0.25, 0.3) is 0 Å². The fourth-order valence-corrected chi connectivity index (χ4v) is 3.83. The van der Waals surface area contributed by atoms with Crippen LogP contribution in [0.5, 0.6) is 17.2 Å². The Balaban J connectivity index is 2.07. The van der Waals surface area contributed by atoms with Crippen molar-refractivity contribution in [1.82, 2.24) is 0 Å². The number of benzene rings is 3. The second-order valence-electron chi connectivity index (χ2n) is 6.50. The number of rotatable bonds is 4. The first-order chi connectivity index (χ1) is 13.2. The smallest absolute Gasteiger partial charge is 0.138 e. The molecule has 0 aromatic heterocycles. The van der Waals surface area contributed by atoms with Gasteiger partial charge in [-0.25, -0.2) is 4.39 Å². The largest absolute Gasteiger partial charge is 0.508 e. The Labute approximate surface area is 176 Å². The molecule has 0 aliphatic heterocycles. The minimum atomic E-state index is -0.599. The Kier molecular flexibility index (Phi) is 5.94. The monoisotopic (exact) mass is 440 g/mol. The molecule has 7 heteroatoms. The van der Waals surface area contributed by atoms with E-state index < -0.39 is 11.7 Å². The van der Waals surface area contributed by atoms with Gasteiger partial charge in [-0.05, 0) is 48.0 Å². The van der Waals surface area contributed by atoms with Crippen molar-refractivity contribution in [2.75, 3.05) is 0 Å². The molecule has 3 rings (SSSR count). The lowest BCUT2D eigenvalue weighted by Crippen LogP contribution is -2.02. The lowest BCUT2D eigenvalue weighted by atomic mass is 9.89. The molecule has 0 aliphatic rings. The predicted molar refractivity (Wildman–Crippen MR) is 110 cm³/mol. The Bertz CT molecular complexity index is 1050. The van der Waals surface area contributed by atoms with E-state index in [9.17, 15) is 19.7 Å². The zero-order valence-corrected chi connectivity index (χ0v) is 16.9. The number of hydrogen-bond acceptors (Lipinski definition) is 3. The van der Waals surface area contributed by atoms with Crippen LogP contribution in [0.3, 0.4) is 0 Å². The standard InChI is InChI=1S/C21H16Cl3FO3/c1-10(16-7-14(23)8-18(24)21(16)28)17-9-15(25)6-12(20(17)27)4-11-5-13(22)2-3-19(11)26/h2-3,5-10,26-28H,4H2,1H3. The molecule has 0 saturated carbocycles. The summed E-state index contributed by atoms with van der Waals surface area (Å²) in [5, 5.41) is 31.8. The van der Waals surface area contributed by atoms with E-state index in [1.807, 2.05) is 0 Å². The number of halogens is 4. The predicted octanol–water partition coefficient (Wildman–Crippen LogP) is 6.65. The molecule has 3 aromatic carbocycles. The molecule has 3 nitrogen and oxygen atoms in total. The molecule has 0 bridgehead atoms. The van der Waals surface area contributed by atoms with E-state index in [1.54, 1.807) is 13.0 Å². The summed E-state index contributed by atoms with van der Waals surface area (Å²) in [6.07, 6.45) is 0.0675. The van der Waals surface area contributed by atoms with Gasteiger partial charge in [0, 0.05) is 39.1 Å². The molecule has 146 valence electrons. The molecule has 0 amide bonds. The molecule has 0 aliphatic carbocycles. The van der Waals surface area contributed by atoms with Crippen molar-refractivity contribution in [3.63, 3.8) is 0 Å². The van der Waals surface area contributed by atoms with Gasteiger partial charge >= 0.3 is 0 Å². The van der Waals surface area contributed by atoms with Gasteiger partial charge in [-0.15, -0.1) is 0 Å². The maximum atomic E-state index is 14.3. The molecular weight excluding hydrogens is 426 g/mol. The van der Waals surface area contributed by atoms with Gasteiger partial charge < -0.3 is 15.3 Å². The summed E-state index contributed by atoms with van der Waals surface area (Å²) >= 11 is 18.0. The van der Waals surface area contributed by atoms with Gasteiger partial charge in [-0.3, -0.25) is 0 Å². The van der Waals surface area contributed by atoms with Crippen molar-refractivity contribution < 1.29 is 19.7 Å². The second kappa shape index (κ2) is 8.08. The third-order valence-corrected chi connectivity index (χ3v) is 5.34. The first kappa shape index (κ1) is 20.6. The Morgan fingerprint density at radius 2 is 1.50 bits per heavy atom. The highest BCUT2D eigenvalue weighted by Gasteiger charge is 2.22. The molecule has 1 atom stereocenters. The second-order valence-corrected chi connectivity index (χ2v) is 7.78. The van der Waals surface area contributed by atoms with Crippen LogP contribution in [0.1, 0.15) is 35.1 Å². The molecule has 0 saturated heterocycles. The highest BCUT2D eigenvalue weighted by Crippen LogP contribution is 2.42. The SMILES string of the molecule is CC(c1cc(Cl)cc(Cl)c1O)c1cc(F)cc(Cc2cc(Cl)ccc2O)c1O. The molecule has 0 heterocycles. The Hall–Kier alpha value is -2.14. The maximum absolute atomic E-state index is 14.3. The van der Waals surface area contributed by atoms with Crippen LogP contribution in [0.25, 0.3) is 0 Å². The zero-order valence-electron chi connectivity index (χ0n) is 14.7. The van der Waals surface area contributed by atoms with Crippen LogP contribution in [-0.2, 0) is 6.42 Å². The van der Waals surface area contributed by atoms with Gasteiger partial charge in [-0.1, -0.05) is 41.7 Å². The van der Waals surface area contributed by atoms with Crippen molar-refractivity contribution in [2.24, 2.45) is 0 Å². The molecule has 1 unspecified atom stereocenters. The summed E-state index contributed by atoms with van der Waals surface area (Å²) in [5.74, 6) is -1.51. The van der Waals surface area contributed by atoms with Crippen LogP contribution in [0.2, 0.25) is 15.1 Å². The number of hydrogen-bond donors (Lipinski definition) is 3. The third kappa shape index (κ3) is 4.14. The van der Waals surface area contributed by atoms with Gasteiger partial charge in [0.1, 0.15) is 23.1 Å². The third-order valence-electron chi connectivity index (χ3n) is 4.60. The lowest BCUT2D eigenvalue weighted by molar-refractivity contribution is 0.449. The Morgan fingerprint density at radius 1 is 0.821 bits per heavy atom. The van der Waals surface area contributed by atoms with Crippen molar-refractivity contribution in [3.8, 4) is 17.2 Å². The van der Waals surface area contributed by atoms with E-state index in [1.165, 1.54) is 36.4 Å². The maximum Gasteiger partial charge on any atom is 0.138 e. The first-order valence-corrected chi connectivity index (χ1v) is 9.47. The minimum absolute atomic E-state index is 0.0121. The zero-order chi connectivity index (χ0) is 20.6. The van der Waals surface area contributed by atoms with Crippen LogP contribution in [-0.4, -0.2) is 15.3 Å². The normalized spacial score (nSPS) is 12.2. The van der Waals surface area contributed by atoms with Crippen LogP contribution in [0.15, 0.2) is 42.5 Å². The highest BCUT2D eigenvalue weighted by molar-refractivity contribution is 6.35. The topological polar surface area (TPSA) is 60.7 Å². The minimum Gasteiger partial charge on any atom is -0.508 e. The van der Waals surface area contributed by atoms with E-state index in [0.717, 1.165) is 0 Å². The highest BCUT2D eigenvalue weighted by atomic mass is 35.5. The summed E-state index contributed by atoms with van der Waals surface area (Å²) in [6.45, 7) is 1.69. The molecule has 0 fully saturated rings. The summed E-state index contributed by atoms with van der Waals surface area (Å²) in [7, 11) is 0. The van der Waals surface area contributed by atoms with Crippen LogP contribution >= 0.6 is 34.8 Å². The van der Waals surface area contributed by atoms with E-state index in [4.69, 9.17) is 34.8 Å². The average Bonchev–Trinajstić information content (AvgIpc) is 2.63. The van der Waals surface area contributed by atoms with E-state index in [-0.39, 0.29) is 39.8 Å². The fraction of sp³-hybridized carbons (Fsp3) is 0.143. The molecular formula is C21H16Cl3FO3. The van der Waals surface area contributed by atoms with E-state index >= 15 is 0 Å². The first-order valence-electron chi connectivity index (χ1n) is 8.34. The van der Waals surface area contributed by atoms with Crippen molar-refractivity contribution in [2.45, 2.75) is 19.3 Å². The molecule has 28 heavy (non-hydrogen) atoms. The lowest BCUT2D eigenvalue weighted by Gasteiger charge is -2.19. The summed E-state index contributed by atoms with van der Waals surface area (Å²) in [4.78, 5) is 0. The molecule has 0 radical (unpaired) electrons.